The van der Waals surface area contributed by atoms with Crippen molar-refractivity contribution >= 4 is 22.2 Å². The Hall–Kier alpha value is -2.72. The van der Waals surface area contributed by atoms with Gasteiger partial charge in [0.05, 0.1) is 12.2 Å². The Kier molecular flexibility index (Phi) is 4.34. The molecule has 0 spiro atoms. The molecule has 27 heavy (non-hydrogen) atoms. The Morgan fingerprint density at radius 1 is 1.07 bits per heavy atom. The van der Waals surface area contributed by atoms with Crippen LogP contribution in [-0.4, -0.2) is 42.2 Å². The molecule has 3 heterocycles. The number of fused-ring (bicyclic) bond motifs is 2. The molecule has 0 bridgehead atoms. The first-order valence-corrected chi connectivity index (χ1v) is 9.84. The van der Waals surface area contributed by atoms with Crippen molar-refractivity contribution in [2.24, 2.45) is 0 Å². The van der Waals surface area contributed by atoms with Crippen molar-refractivity contribution in [3.63, 3.8) is 0 Å². The maximum Gasteiger partial charge on any atom is 0.142 e. The molecular formula is C23H25N3O. The number of para-hydroxylation sites is 3. The van der Waals surface area contributed by atoms with Crippen molar-refractivity contribution in [1.29, 1.82) is 0 Å². The number of ether oxygens (including phenoxy) is 1. The van der Waals surface area contributed by atoms with Gasteiger partial charge in [-0.25, -0.2) is 0 Å². The summed E-state index contributed by atoms with van der Waals surface area (Å²) in [5.74, 6) is 0.980. The Morgan fingerprint density at radius 3 is 2.89 bits per heavy atom. The molecule has 2 aliphatic heterocycles. The number of aromatic amines is 1. The fraction of sp³-hybridized carbons (Fsp3) is 0.304. The Labute approximate surface area is 159 Å². The maximum atomic E-state index is 6.14. The van der Waals surface area contributed by atoms with Crippen molar-refractivity contribution in [3.8, 4) is 5.75 Å². The molecule has 1 atom stereocenters. The molecule has 0 amide bonds. The van der Waals surface area contributed by atoms with E-state index in [0.717, 1.165) is 50.5 Å². The lowest BCUT2D eigenvalue weighted by molar-refractivity contribution is 0.169. The van der Waals surface area contributed by atoms with Crippen LogP contribution in [0.3, 0.4) is 0 Å². The highest BCUT2D eigenvalue weighted by Gasteiger charge is 2.21. The van der Waals surface area contributed by atoms with Crippen LogP contribution in [0.2, 0.25) is 0 Å². The predicted molar refractivity (Wildman–Crippen MR) is 111 cm³/mol. The molecule has 3 aromatic rings. The molecule has 1 aromatic heterocycles. The molecule has 1 unspecified atom stereocenters. The van der Waals surface area contributed by atoms with E-state index >= 15 is 0 Å². The second kappa shape index (κ2) is 7.12. The minimum Gasteiger partial charge on any atom is -0.486 e. The molecule has 0 fully saturated rings. The zero-order valence-electron chi connectivity index (χ0n) is 15.4. The van der Waals surface area contributed by atoms with Gasteiger partial charge in [-0.1, -0.05) is 36.4 Å². The number of aromatic nitrogens is 1. The van der Waals surface area contributed by atoms with Gasteiger partial charge in [-0.15, -0.1) is 0 Å². The van der Waals surface area contributed by atoms with Crippen LogP contribution in [0, 0.1) is 0 Å². The van der Waals surface area contributed by atoms with Crippen molar-refractivity contribution in [2.45, 2.75) is 18.9 Å². The first kappa shape index (κ1) is 16.5. The van der Waals surface area contributed by atoms with E-state index in [4.69, 9.17) is 4.74 Å². The van der Waals surface area contributed by atoms with Crippen LogP contribution in [0.4, 0.5) is 5.69 Å². The van der Waals surface area contributed by atoms with Crippen molar-refractivity contribution in [1.82, 2.24) is 9.88 Å². The third-order valence-corrected chi connectivity index (χ3v) is 5.70. The van der Waals surface area contributed by atoms with Crippen LogP contribution in [-0.2, 0) is 0 Å². The first-order valence-electron chi connectivity index (χ1n) is 9.84. The fourth-order valence-electron chi connectivity index (χ4n) is 4.14. The lowest BCUT2D eigenvalue weighted by Gasteiger charge is -2.31. The van der Waals surface area contributed by atoms with Crippen LogP contribution in [0.1, 0.15) is 18.4 Å². The third-order valence-electron chi connectivity index (χ3n) is 5.70. The fourth-order valence-corrected chi connectivity index (χ4v) is 4.14. The van der Waals surface area contributed by atoms with Gasteiger partial charge < -0.3 is 15.0 Å². The zero-order chi connectivity index (χ0) is 18.1. The number of hydrogen-bond donors (Lipinski definition) is 2. The van der Waals surface area contributed by atoms with Gasteiger partial charge in [0.15, 0.2) is 0 Å². The number of rotatable bonds is 4. The quantitative estimate of drug-likeness (QED) is 0.719. The van der Waals surface area contributed by atoms with Crippen molar-refractivity contribution in [2.75, 3.05) is 31.5 Å². The normalized spacial score (nSPS) is 19.9. The van der Waals surface area contributed by atoms with E-state index in [9.17, 15) is 0 Å². The number of H-pyrrole nitrogens is 1. The van der Waals surface area contributed by atoms with E-state index in [2.05, 4.69) is 57.8 Å². The molecule has 2 aliphatic rings. The monoisotopic (exact) mass is 359 g/mol. The van der Waals surface area contributed by atoms with Gasteiger partial charge in [0.25, 0.3) is 0 Å². The summed E-state index contributed by atoms with van der Waals surface area (Å²) in [5.41, 5.74) is 5.16. The van der Waals surface area contributed by atoms with Crippen LogP contribution in [0.5, 0.6) is 5.75 Å². The largest absolute Gasteiger partial charge is 0.486 e. The summed E-state index contributed by atoms with van der Waals surface area (Å²) in [4.78, 5) is 5.93. The standard InChI is InChI=1S/C23H25N3O/c1-2-6-21-19(5-1)20(16-25-21)17-9-12-26(13-10-17)14-11-18-15-24-22-7-3-4-8-23(22)27-18/h1-9,16,18,24-25H,10-15H2. The van der Waals surface area contributed by atoms with E-state index < -0.39 is 0 Å². The molecule has 4 nitrogen and oxygen atoms in total. The van der Waals surface area contributed by atoms with Gasteiger partial charge in [0, 0.05) is 42.3 Å². The molecule has 0 aliphatic carbocycles. The lowest BCUT2D eigenvalue weighted by atomic mass is 9.99. The molecule has 0 saturated carbocycles. The van der Waals surface area contributed by atoms with Gasteiger partial charge in [-0.2, -0.15) is 0 Å². The average Bonchev–Trinajstić information content (AvgIpc) is 3.17. The Morgan fingerprint density at radius 2 is 1.96 bits per heavy atom. The zero-order valence-corrected chi connectivity index (χ0v) is 15.4. The van der Waals surface area contributed by atoms with Gasteiger partial charge in [0.2, 0.25) is 0 Å². The van der Waals surface area contributed by atoms with Crippen molar-refractivity contribution in [3.05, 3.63) is 66.4 Å². The molecule has 4 heteroatoms. The number of anilines is 1. The van der Waals surface area contributed by atoms with Crippen LogP contribution in [0.15, 0.2) is 60.8 Å². The first-order chi connectivity index (χ1) is 13.4. The second-order valence-electron chi connectivity index (χ2n) is 7.43. The summed E-state index contributed by atoms with van der Waals surface area (Å²) in [6.07, 6.45) is 6.96. The smallest absolute Gasteiger partial charge is 0.142 e. The van der Waals surface area contributed by atoms with Crippen molar-refractivity contribution < 1.29 is 4.74 Å². The Bertz CT molecular complexity index is 974. The highest BCUT2D eigenvalue weighted by molar-refractivity contribution is 5.92. The number of nitrogens with one attached hydrogen (secondary N) is 2. The lowest BCUT2D eigenvalue weighted by Crippen LogP contribution is -2.36. The van der Waals surface area contributed by atoms with E-state index in [1.54, 1.807) is 0 Å². The minimum atomic E-state index is 0.249. The summed E-state index contributed by atoms with van der Waals surface area (Å²) in [5, 5.41) is 4.82. The average molecular weight is 359 g/mol. The van der Waals surface area contributed by atoms with Gasteiger partial charge in [-0.05, 0) is 36.6 Å². The summed E-state index contributed by atoms with van der Waals surface area (Å²) >= 11 is 0. The third kappa shape index (κ3) is 3.33. The summed E-state index contributed by atoms with van der Waals surface area (Å²) in [7, 11) is 0. The van der Waals surface area contributed by atoms with Gasteiger partial charge in [-0.3, -0.25) is 4.90 Å². The molecule has 5 rings (SSSR count). The Balaban J connectivity index is 1.19. The van der Waals surface area contributed by atoms with E-state index in [1.807, 2.05) is 18.2 Å². The topological polar surface area (TPSA) is 40.3 Å². The molecule has 2 N–H and O–H groups in total. The molecule has 0 radical (unpaired) electrons. The predicted octanol–water partition coefficient (Wildman–Crippen LogP) is 4.52. The molecular weight excluding hydrogens is 334 g/mol. The van der Waals surface area contributed by atoms with E-state index in [-0.39, 0.29) is 6.10 Å². The number of benzene rings is 2. The molecule has 138 valence electrons. The van der Waals surface area contributed by atoms with Crippen LogP contribution < -0.4 is 10.1 Å². The summed E-state index contributed by atoms with van der Waals surface area (Å²) < 4.78 is 6.14. The molecule has 0 saturated heterocycles. The van der Waals surface area contributed by atoms with Crippen LogP contribution >= 0.6 is 0 Å². The highest BCUT2D eigenvalue weighted by Crippen LogP contribution is 2.30. The maximum absolute atomic E-state index is 6.14. The highest BCUT2D eigenvalue weighted by atomic mass is 16.5. The molecule has 2 aromatic carbocycles. The number of nitrogens with zero attached hydrogens (tertiary/aromatic N) is 1. The summed E-state index contributed by atoms with van der Waals surface area (Å²) in [6, 6.07) is 16.8. The van der Waals surface area contributed by atoms with Gasteiger partial charge >= 0.3 is 0 Å². The second-order valence-corrected chi connectivity index (χ2v) is 7.43. The van der Waals surface area contributed by atoms with E-state index in [0.29, 0.717) is 0 Å². The van der Waals surface area contributed by atoms with Gasteiger partial charge in [0.1, 0.15) is 11.9 Å². The van der Waals surface area contributed by atoms with Crippen LogP contribution in [0.25, 0.3) is 16.5 Å². The SMILES string of the molecule is C1=C(c2c[nH]c3ccccc23)CCN(CCC2CNc3ccccc3O2)C1. The minimum absolute atomic E-state index is 0.249. The number of hydrogen-bond acceptors (Lipinski definition) is 3. The van der Waals surface area contributed by atoms with E-state index in [1.165, 1.54) is 22.0 Å². The summed E-state index contributed by atoms with van der Waals surface area (Å²) in [6.45, 7) is 4.10.